The summed E-state index contributed by atoms with van der Waals surface area (Å²) in [6.45, 7) is 9.18. The summed E-state index contributed by atoms with van der Waals surface area (Å²) in [5, 5.41) is 4.99. The molecule has 0 spiro atoms. The Hall–Kier alpha value is -3.51. The first-order valence-electron chi connectivity index (χ1n) is 14.3. The number of esters is 1. The van der Waals surface area contributed by atoms with Crippen molar-refractivity contribution >= 4 is 41.3 Å². The van der Waals surface area contributed by atoms with Crippen LogP contribution >= 0.6 is 0 Å². The van der Waals surface area contributed by atoms with E-state index in [1.807, 2.05) is 13.8 Å². The van der Waals surface area contributed by atoms with E-state index in [2.05, 4.69) is 10.6 Å². The highest BCUT2D eigenvalue weighted by molar-refractivity contribution is 5.96. The molecule has 2 rings (SSSR count). The highest BCUT2D eigenvalue weighted by atomic mass is 16.5. The number of primary amides is 1. The van der Waals surface area contributed by atoms with Gasteiger partial charge in [-0.25, -0.2) is 4.79 Å². The molecular formula is C28H45N5O8. The maximum atomic E-state index is 13.5. The Morgan fingerprint density at radius 3 is 2.29 bits per heavy atom. The van der Waals surface area contributed by atoms with Gasteiger partial charge in [-0.1, -0.05) is 27.7 Å². The number of hydrogen-bond donors (Lipinski definition) is 3. The van der Waals surface area contributed by atoms with Crippen LogP contribution in [-0.4, -0.2) is 95.0 Å². The summed E-state index contributed by atoms with van der Waals surface area (Å²) in [7, 11) is 1.58. The van der Waals surface area contributed by atoms with E-state index >= 15 is 0 Å². The fraction of sp³-hybridized carbons (Fsp3) is 0.750. The number of ether oxygens (including phenoxy) is 1. The third-order valence-corrected chi connectivity index (χ3v) is 7.46. The van der Waals surface area contributed by atoms with Crippen molar-refractivity contribution in [3.63, 3.8) is 0 Å². The monoisotopic (exact) mass is 579 g/mol. The summed E-state index contributed by atoms with van der Waals surface area (Å²) >= 11 is 0. The van der Waals surface area contributed by atoms with Gasteiger partial charge in [0.2, 0.25) is 23.6 Å². The predicted molar refractivity (Wildman–Crippen MR) is 148 cm³/mol. The van der Waals surface area contributed by atoms with Crippen LogP contribution in [-0.2, 0) is 38.3 Å². The molecule has 0 aromatic heterocycles. The summed E-state index contributed by atoms with van der Waals surface area (Å²) in [5.41, 5.74) is 5.22. The van der Waals surface area contributed by atoms with Gasteiger partial charge in [0.25, 0.3) is 5.91 Å². The molecule has 2 aliphatic heterocycles. The van der Waals surface area contributed by atoms with Crippen LogP contribution in [0, 0.1) is 11.8 Å². The maximum Gasteiger partial charge on any atom is 0.329 e. The molecule has 41 heavy (non-hydrogen) atoms. The average molecular weight is 580 g/mol. The van der Waals surface area contributed by atoms with E-state index in [0.29, 0.717) is 19.3 Å². The molecule has 2 saturated heterocycles. The first kappa shape index (κ1) is 33.7. The molecule has 5 atom stereocenters. The first-order valence-corrected chi connectivity index (χ1v) is 14.3. The minimum absolute atomic E-state index is 0.0473. The number of likely N-dealkylation sites (tertiary alicyclic amines) is 1. The molecular weight excluding hydrogens is 534 g/mol. The number of nitrogens with zero attached hydrogens (tertiary/aromatic N) is 2. The fourth-order valence-corrected chi connectivity index (χ4v) is 5.13. The van der Waals surface area contributed by atoms with E-state index < -0.39 is 54.0 Å². The van der Waals surface area contributed by atoms with Gasteiger partial charge in [0.1, 0.15) is 18.1 Å². The van der Waals surface area contributed by atoms with Crippen molar-refractivity contribution in [2.75, 3.05) is 13.6 Å². The topological polar surface area (TPSA) is 185 Å². The molecule has 5 amide bonds. The molecule has 0 aromatic carbocycles. The van der Waals surface area contributed by atoms with Crippen LogP contribution in [0.15, 0.2) is 0 Å². The van der Waals surface area contributed by atoms with Crippen LogP contribution in [0.25, 0.3) is 0 Å². The lowest BCUT2D eigenvalue weighted by atomic mass is 9.92. The standard InChI is InChI=1S/C28H45N5O8/c1-15(2)14-21(24(36)16(3)4)32(6)27(39)20-8-7-13-33(20)26(38)17(5)41-28(40)19(9-11-22(29)34)31-25(37)18-10-12-23(35)30-18/h15-21H,7-14H2,1-6H3,(H2,29,34)(H,30,35)(H,31,37)/t17-,18?,19-,20-,21-/m0/s1. The number of ketones is 1. The van der Waals surface area contributed by atoms with Gasteiger partial charge < -0.3 is 30.9 Å². The van der Waals surface area contributed by atoms with Crippen LogP contribution in [0.2, 0.25) is 0 Å². The second-order valence-electron chi connectivity index (χ2n) is 11.6. The molecule has 2 heterocycles. The van der Waals surface area contributed by atoms with E-state index in [-0.39, 0.29) is 61.7 Å². The molecule has 2 aliphatic rings. The highest BCUT2D eigenvalue weighted by Gasteiger charge is 2.41. The lowest BCUT2D eigenvalue weighted by molar-refractivity contribution is -0.163. The second-order valence-corrected chi connectivity index (χ2v) is 11.6. The summed E-state index contributed by atoms with van der Waals surface area (Å²) in [6.07, 6.45) is 0.240. The van der Waals surface area contributed by atoms with E-state index in [1.165, 1.54) is 16.7 Å². The van der Waals surface area contributed by atoms with Gasteiger partial charge >= 0.3 is 5.97 Å². The number of Topliss-reactive ketones (excluding diaryl/α,β-unsaturated/α-hetero) is 1. The largest absolute Gasteiger partial charge is 0.451 e. The molecule has 1 unspecified atom stereocenters. The van der Waals surface area contributed by atoms with Crippen LogP contribution in [0.4, 0.5) is 0 Å². The van der Waals surface area contributed by atoms with Crippen LogP contribution in [0.1, 0.15) is 79.6 Å². The molecule has 2 fully saturated rings. The Bertz CT molecular complexity index is 1030. The zero-order valence-electron chi connectivity index (χ0n) is 24.9. The third-order valence-electron chi connectivity index (χ3n) is 7.46. The molecule has 0 aliphatic carbocycles. The number of carbonyl (C=O) groups is 7. The minimum atomic E-state index is -1.29. The van der Waals surface area contributed by atoms with Crippen molar-refractivity contribution in [3.05, 3.63) is 0 Å². The Kier molecular flexibility index (Phi) is 12.3. The molecule has 230 valence electrons. The van der Waals surface area contributed by atoms with E-state index in [1.54, 1.807) is 20.9 Å². The van der Waals surface area contributed by atoms with E-state index in [0.717, 1.165) is 0 Å². The number of likely N-dealkylation sites (N-methyl/N-ethyl adjacent to an activating group) is 1. The van der Waals surface area contributed by atoms with Crippen molar-refractivity contribution in [2.24, 2.45) is 17.6 Å². The van der Waals surface area contributed by atoms with Crippen LogP contribution < -0.4 is 16.4 Å². The van der Waals surface area contributed by atoms with Crippen molar-refractivity contribution in [1.29, 1.82) is 0 Å². The Morgan fingerprint density at radius 2 is 1.76 bits per heavy atom. The van der Waals surface area contributed by atoms with Gasteiger partial charge in [-0.15, -0.1) is 0 Å². The number of rotatable bonds is 14. The Balaban J connectivity index is 2.11. The molecule has 13 nitrogen and oxygen atoms in total. The quantitative estimate of drug-likeness (QED) is 0.241. The lowest BCUT2D eigenvalue weighted by Gasteiger charge is -2.34. The summed E-state index contributed by atoms with van der Waals surface area (Å²) in [6, 6.07) is -3.51. The summed E-state index contributed by atoms with van der Waals surface area (Å²) in [5.74, 6) is -3.59. The lowest BCUT2D eigenvalue weighted by Crippen LogP contribution is -2.54. The molecule has 0 saturated carbocycles. The summed E-state index contributed by atoms with van der Waals surface area (Å²) in [4.78, 5) is 91.0. The van der Waals surface area contributed by atoms with Gasteiger partial charge in [0.15, 0.2) is 11.9 Å². The predicted octanol–water partition coefficient (Wildman–Crippen LogP) is 0.0362. The minimum Gasteiger partial charge on any atom is -0.451 e. The SMILES string of the molecule is CC(C)C[C@@H](C(=O)C(C)C)N(C)C(=O)[C@@H]1CCCN1C(=O)[C@H](C)OC(=O)[C@H](CCC(N)=O)NC(=O)C1CCC(=O)N1. The van der Waals surface area contributed by atoms with Crippen LogP contribution in [0.5, 0.6) is 0 Å². The van der Waals surface area contributed by atoms with Gasteiger partial charge in [-0.2, -0.15) is 0 Å². The van der Waals surface area contributed by atoms with E-state index in [9.17, 15) is 33.6 Å². The van der Waals surface area contributed by atoms with Gasteiger partial charge in [0.05, 0.1) is 6.04 Å². The molecule has 0 bridgehead atoms. The summed E-state index contributed by atoms with van der Waals surface area (Å²) < 4.78 is 5.40. The van der Waals surface area contributed by atoms with Crippen molar-refractivity contribution in [3.8, 4) is 0 Å². The van der Waals surface area contributed by atoms with E-state index in [4.69, 9.17) is 10.5 Å². The number of carbonyl (C=O) groups excluding carboxylic acids is 7. The highest BCUT2D eigenvalue weighted by Crippen LogP contribution is 2.24. The first-order chi connectivity index (χ1) is 19.1. The smallest absolute Gasteiger partial charge is 0.329 e. The molecule has 0 aromatic rings. The molecule has 4 N–H and O–H groups in total. The normalized spacial score (nSPS) is 20.8. The Labute approximate surface area is 241 Å². The molecule has 13 heteroatoms. The van der Waals surface area contributed by atoms with Crippen molar-refractivity contribution < 1.29 is 38.3 Å². The van der Waals surface area contributed by atoms with Gasteiger partial charge in [-0.05, 0) is 44.9 Å². The number of nitrogens with one attached hydrogen (secondary N) is 2. The van der Waals surface area contributed by atoms with Crippen molar-refractivity contribution in [2.45, 2.75) is 110 Å². The number of hydrogen-bond acceptors (Lipinski definition) is 8. The number of nitrogens with two attached hydrogens (primary N) is 1. The fourth-order valence-electron chi connectivity index (χ4n) is 5.13. The molecule has 0 radical (unpaired) electrons. The van der Waals surface area contributed by atoms with Crippen molar-refractivity contribution in [1.82, 2.24) is 20.4 Å². The average Bonchev–Trinajstić information content (AvgIpc) is 3.56. The number of amides is 5. The Morgan fingerprint density at radius 1 is 1.10 bits per heavy atom. The van der Waals surface area contributed by atoms with Gasteiger partial charge in [-0.3, -0.25) is 28.8 Å². The van der Waals surface area contributed by atoms with Crippen LogP contribution in [0.3, 0.4) is 0 Å². The maximum absolute atomic E-state index is 13.5. The van der Waals surface area contributed by atoms with Gasteiger partial charge in [0, 0.05) is 32.4 Å². The second kappa shape index (κ2) is 14.9. The zero-order chi connectivity index (χ0) is 31.0. The zero-order valence-corrected chi connectivity index (χ0v) is 24.9. The third kappa shape index (κ3) is 9.25.